The van der Waals surface area contributed by atoms with Gasteiger partial charge in [-0.1, -0.05) is 6.07 Å². The molecule has 9 heteroatoms. The Hall–Kier alpha value is -3.10. The molecule has 0 saturated carbocycles. The Bertz CT molecular complexity index is 780. The molecule has 146 valence electrons. The summed E-state index contributed by atoms with van der Waals surface area (Å²) >= 11 is 0. The maximum absolute atomic E-state index is 11.6. The number of nitrogens with zero attached hydrogens (tertiary/aromatic N) is 4. The lowest BCUT2D eigenvalue weighted by Crippen LogP contribution is -2.24. The van der Waals surface area contributed by atoms with Crippen molar-refractivity contribution in [3.05, 3.63) is 40.2 Å². The summed E-state index contributed by atoms with van der Waals surface area (Å²) < 4.78 is 10.5. The second-order valence-corrected chi connectivity index (χ2v) is 5.69. The molecule has 0 unspecified atom stereocenters. The molecule has 2 rings (SSSR count). The van der Waals surface area contributed by atoms with Crippen molar-refractivity contribution in [1.82, 2.24) is 9.97 Å². The van der Waals surface area contributed by atoms with Crippen LogP contribution in [0.25, 0.3) is 0 Å². The van der Waals surface area contributed by atoms with Crippen molar-refractivity contribution in [1.29, 1.82) is 0 Å². The van der Waals surface area contributed by atoms with Crippen LogP contribution < -0.4 is 19.7 Å². The summed E-state index contributed by atoms with van der Waals surface area (Å²) in [5.74, 6) is 1.85. The van der Waals surface area contributed by atoms with Crippen LogP contribution in [0.5, 0.6) is 11.5 Å². The molecule has 1 aromatic carbocycles. The van der Waals surface area contributed by atoms with Crippen LogP contribution in [-0.4, -0.2) is 48.7 Å². The monoisotopic (exact) mass is 375 g/mol. The van der Waals surface area contributed by atoms with Gasteiger partial charge in [0.2, 0.25) is 11.6 Å². The van der Waals surface area contributed by atoms with Crippen LogP contribution in [0, 0.1) is 10.1 Å². The third-order valence-electron chi connectivity index (χ3n) is 4.20. The molecule has 27 heavy (non-hydrogen) atoms. The standard InChI is InChI=1S/C18H25N5O4/c1-5-22(6-2)18-16(23(24)25)17(20-12-21-18)19-10-9-13-7-8-14(26-3)15(11-13)27-4/h7-8,11-12H,5-6,9-10H2,1-4H3,(H,19,20,21). The third-order valence-corrected chi connectivity index (χ3v) is 4.20. The first kappa shape index (κ1) is 20.2. The molecular weight excluding hydrogens is 350 g/mol. The minimum absolute atomic E-state index is 0.103. The van der Waals surface area contributed by atoms with E-state index < -0.39 is 4.92 Å². The predicted molar refractivity (Wildman–Crippen MR) is 104 cm³/mol. The molecule has 0 amide bonds. The third kappa shape index (κ3) is 4.75. The second kappa shape index (κ2) is 9.56. The maximum atomic E-state index is 11.6. The fourth-order valence-corrected chi connectivity index (χ4v) is 2.78. The van der Waals surface area contributed by atoms with E-state index in [1.165, 1.54) is 6.33 Å². The van der Waals surface area contributed by atoms with E-state index in [2.05, 4.69) is 15.3 Å². The summed E-state index contributed by atoms with van der Waals surface area (Å²) in [5, 5.41) is 14.7. The molecule has 2 aromatic rings. The van der Waals surface area contributed by atoms with E-state index in [-0.39, 0.29) is 11.5 Å². The normalized spacial score (nSPS) is 10.4. The quantitative estimate of drug-likeness (QED) is 0.499. The number of methoxy groups -OCH3 is 2. The zero-order valence-corrected chi connectivity index (χ0v) is 16.1. The number of nitro groups is 1. The Labute approximate surface area is 158 Å². The predicted octanol–water partition coefficient (Wildman–Crippen LogP) is 2.90. The molecule has 0 radical (unpaired) electrons. The second-order valence-electron chi connectivity index (χ2n) is 5.69. The highest BCUT2D eigenvalue weighted by Crippen LogP contribution is 2.32. The molecule has 0 fully saturated rings. The molecule has 0 aliphatic carbocycles. The van der Waals surface area contributed by atoms with Gasteiger partial charge in [0.05, 0.1) is 19.1 Å². The maximum Gasteiger partial charge on any atom is 0.353 e. The van der Waals surface area contributed by atoms with E-state index in [1.54, 1.807) is 14.2 Å². The van der Waals surface area contributed by atoms with E-state index in [4.69, 9.17) is 9.47 Å². The Morgan fingerprint density at radius 1 is 1.15 bits per heavy atom. The van der Waals surface area contributed by atoms with Crippen LogP contribution in [0.15, 0.2) is 24.5 Å². The van der Waals surface area contributed by atoms with Gasteiger partial charge in [0.1, 0.15) is 6.33 Å². The summed E-state index contributed by atoms with van der Waals surface area (Å²) in [4.78, 5) is 21.2. The molecule has 1 heterocycles. The molecule has 0 aliphatic rings. The van der Waals surface area contributed by atoms with Gasteiger partial charge < -0.3 is 19.7 Å². The number of aromatic nitrogens is 2. The summed E-state index contributed by atoms with van der Waals surface area (Å²) in [6.07, 6.45) is 1.99. The average Bonchev–Trinajstić information content (AvgIpc) is 2.68. The number of anilines is 2. The van der Waals surface area contributed by atoms with E-state index in [9.17, 15) is 10.1 Å². The lowest BCUT2D eigenvalue weighted by Gasteiger charge is -2.20. The van der Waals surface area contributed by atoms with Gasteiger partial charge in [-0.2, -0.15) is 0 Å². The van der Waals surface area contributed by atoms with E-state index in [0.717, 1.165) is 5.56 Å². The summed E-state index contributed by atoms with van der Waals surface area (Å²) in [6.45, 7) is 5.59. The van der Waals surface area contributed by atoms with Crippen LogP contribution in [0.3, 0.4) is 0 Å². The molecule has 0 atom stereocenters. The van der Waals surface area contributed by atoms with E-state index >= 15 is 0 Å². The van der Waals surface area contributed by atoms with Crippen molar-refractivity contribution in [3.63, 3.8) is 0 Å². The first-order valence-electron chi connectivity index (χ1n) is 8.74. The lowest BCUT2D eigenvalue weighted by atomic mass is 10.1. The van der Waals surface area contributed by atoms with Crippen LogP contribution in [0.4, 0.5) is 17.3 Å². The van der Waals surface area contributed by atoms with Gasteiger partial charge in [-0.15, -0.1) is 0 Å². The fraction of sp³-hybridized carbons (Fsp3) is 0.444. The highest BCUT2D eigenvalue weighted by atomic mass is 16.6. The van der Waals surface area contributed by atoms with Crippen LogP contribution in [0.2, 0.25) is 0 Å². The minimum Gasteiger partial charge on any atom is -0.493 e. The Morgan fingerprint density at radius 3 is 2.44 bits per heavy atom. The molecule has 0 aliphatic heterocycles. The average molecular weight is 375 g/mol. The SMILES string of the molecule is CCN(CC)c1ncnc(NCCc2ccc(OC)c(OC)c2)c1[N+](=O)[O-]. The van der Waals surface area contributed by atoms with Gasteiger partial charge in [0, 0.05) is 19.6 Å². The van der Waals surface area contributed by atoms with Crippen molar-refractivity contribution in [2.24, 2.45) is 0 Å². The number of hydrogen-bond donors (Lipinski definition) is 1. The Kier molecular flexibility index (Phi) is 7.16. The smallest absolute Gasteiger partial charge is 0.353 e. The van der Waals surface area contributed by atoms with Crippen LogP contribution in [-0.2, 0) is 6.42 Å². The molecule has 0 spiro atoms. The van der Waals surface area contributed by atoms with E-state index in [1.807, 2.05) is 36.9 Å². The van der Waals surface area contributed by atoms with Crippen LogP contribution in [0.1, 0.15) is 19.4 Å². The number of hydrogen-bond acceptors (Lipinski definition) is 8. The Balaban J connectivity index is 2.16. The zero-order valence-electron chi connectivity index (χ0n) is 16.1. The van der Waals surface area contributed by atoms with Crippen molar-refractivity contribution >= 4 is 17.3 Å². The highest BCUT2D eigenvalue weighted by molar-refractivity contribution is 5.70. The minimum atomic E-state index is -0.438. The van der Waals surface area contributed by atoms with Gasteiger partial charge in [-0.25, -0.2) is 9.97 Å². The summed E-state index contributed by atoms with van der Waals surface area (Å²) in [6, 6.07) is 5.65. The lowest BCUT2D eigenvalue weighted by molar-refractivity contribution is -0.383. The molecular formula is C18H25N5O4. The fourth-order valence-electron chi connectivity index (χ4n) is 2.78. The molecule has 0 bridgehead atoms. The molecule has 0 saturated heterocycles. The summed E-state index contributed by atoms with van der Waals surface area (Å²) in [5.41, 5.74) is 0.911. The van der Waals surface area contributed by atoms with Crippen molar-refractivity contribution in [2.45, 2.75) is 20.3 Å². The van der Waals surface area contributed by atoms with Gasteiger partial charge >= 0.3 is 5.69 Å². The molecule has 1 aromatic heterocycles. The van der Waals surface area contributed by atoms with E-state index in [0.29, 0.717) is 43.4 Å². The number of rotatable bonds is 10. The van der Waals surface area contributed by atoms with Gasteiger partial charge in [-0.3, -0.25) is 10.1 Å². The van der Waals surface area contributed by atoms with Gasteiger partial charge in [0.15, 0.2) is 11.5 Å². The van der Waals surface area contributed by atoms with Crippen molar-refractivity contribution in [3.8, 4) is 11.5 Å². The molecule has 9 nitrogen and oxygen atoms in total. The molecule has 1 N–H and O–H groups in total. The highest BCUT2D eigenvalue weighted by Gasteiger charge is 2.25. The topological polar surface area (TPSA) is 103 Å². The Morgan fingerprint density at radius 2 is 1.85 bits per heavy atom. The van der Waals surface area contributed by atoms with Crippen molar-refractivity contribution < 1.29 is 14.4 Å². The first-order valence-corrected chi connectivity index (χ1v) is 8.74. The zero-order chi connectivity index (χ0) is 19.8. The number of benzene rings is 1. The largest absolute Gasteiger partial charge is 0.493 e. The van der Waals surface area contributed by atoms with Gasteiger partial charge in [0.25, 0.3) is 0 Å². The van der Waals surface area contributed by atoms with Crippen LogP contribution >= 0.6 is 0 Å². The summed E-state index contributed by atoms with van der Waals surface area (Å²) in [7, 11) is 3.17. The first-order chi connectivity index (χ1) is 13.0. The number of nitrogens with one attached hydrogen (secondary N) is 1. The number of ether oxygens (including phenoxy) is 2. The van der Waals surface area contributed by atoms with Crippen molar-refractivity contribution in [2.75, 3.05) is 44.1 Å². The van der Waals surface area contributed by atoms with Gasteiger partial charge in [-0.05, 0) is 38.0 Å².